The van der Waals surface area contributed by atoms with Crippen molar-refractivity contribution in [3.8, 4) is 0 Å². The van der Waals surface area contributed by atoms with Crippen LogP contribution >= 0.6 is 0 Å². The van der Waals surface area contributed by atoms with E-state index >= 15 is 0 Å². The van der Waals surface area contributed by atoms with E-state index in [-0.39, 0.29) is 11.8 Å². The quantitative estimate of drug-likeness (QED) is 0.598. The van der Waals surface area contributed by atoms with Gasteiger partial charge in [-0.25, -0.2) is 4.79 Å². The number of rotatable bonds is 7. The number of aromatic amines is 1. The molecule has 1 aliphatic carbocycles. The Morgan fingerprint density at radius 2 is 2.05 bits per heavy atom. The molecule has 0 spiro atoms. The Morgan fingerprint density at radius 3 is 2.62 bits per heavy atom. The summed E-state index contributed by atoms with van der Waals surface area (Å²) in [7, 11) is 0. The molecule has 0 aliphatic heterocycles. The van der Waals surface area contributed by atoms with Crippen LogP contribution in [0.4, 0.5) is 0 Å². The van der Waals surface area contributed by atoms with Gasteiger partial charge in [-0.3, -0.25) is 4.79 Å². The zero-order valence-electron chi connectivity index (χ0n) is 13.2. The van der Waals surface area contributed by atoms with Gasteiger partial charge in [0.1, 0.15) is 5.69 Å². The average molecular weight is 292 g/mol. The molecule has 2 N–H and O–H groups in total. The highest BCUT2D eigenvalue weighted by Crippen LogP contribution is 2.28. The van der Waals surface area contributed by atoms with Crippen LogP contribution in [-0.2, 0) is 4.74 Å². The van der Waals surface area contributed by atoms with E-state index in [9.17, 15) is 9.59 Å². The van der Waals surface area contributed by atoms with E-state index in [0.717, 1.165) is 18.2 Å². The van der Waals surface area contributed by atoms with Gasteiger partial charge in [0, 0.05) is 11.3 Å². The first-order valence-electron chi connectivity index (χ1n) is 7.59. The average Bonchev–Trinajstić information content (AvgIpc) is 3.21. The minimum absolute atomic E-state index is 0.0254. The summed E-state index contributed by atoms with van der Waals surface area (Å²) < 4.78 is 5.01. The minimum Gasteiger partial charge on any atom is -0.461 e. The molecule has 1 heterocycles. The third-order valence-electron chi connectivity index (χ3n) is 3.97. The number of ketones is 1. The highest BCUT2D eigenvalue weighted by atomic mass is 16.5. The molecule has 5 nitrogen and oxygen atoms in total. The van der Waals surface area contributed by atoms with Gasteiger partial charge in [-0.15, -0.1) is 0 Å². The molecule has 1 aromatic rings. The number of hydrogen-bond donors (Lipinski definition) is 2. The Bertz CT molecular complexity index is 544. The zero-order valence-corrected chi connectivity index (χ0v) is 13.2. The number of ether oxygens (including phenoxy) is 1. The van der Waals surface area contributed by atoms with Crippen LogP contribution in [-0.4, -0.2) is 35.9 Å². The summed E-state index contributed by atoms with van der Waals surface area (Å²) in [5.74, 6) is 0.344. The first-order valence-corrected chi connectivity index (χ1v) is 7.59. The maximum atomic E-state index is 12.6. The second kappa shape index (κ2) is 6.43. The Labute approximate surface area is 125 Å². The Balaban J connectivity index is 2.14. The van der Waals surface area contributed by atoms with Crippen molar-refractivity contribution in [2.24, 2.45) is 5.92 Å². The van der Waals surface area contributed by atoms with Crippen LogP contribution in [0.2, 0.25) is 0 Å². The maximum absolute atomic E-state index is 12.6. The lowest BCUT2D eigenvalue weighted by Crippen LogP contribution is -2.35. The summed E-state index contributed by atoms with van der Waals surface area (Å²) in [4.78, 5) is 27.4. The first kappa shape index (κ1) is 15.8. The molecular formula is C16H24N2O3. The fourth-order valence-electron chi connectivity index (χ4n) is 2.50. The predicted octanol–water partition coefficient (Wildman–Crippen LogP) is 2.38. The van der Waals surface area contributed by atoms with Crippen LogP contribution in [0.1, 0.15) is 58.8 Å². The molecule has 1 saturated carbocycles. The summed E-state index contributed by atoms with van der Waals surface area (Å²) in [6.45, 7) is 8.45. The van der Waals surface area contributed by atoms with Crippen molar-refractivity contribution >= 4 is 11.8 Å². The smallest absolute Gasteiger partial charge is 0.355 e. The summed E-state index contributed by atoms with van der Waals surface area (Å²) in [6.07, 6.45) is 2.51. The lowest BCUT2D eigenvalue weighted by Gasteiger charge is -2.13. The number of carbonyl (C=O) groups excluding carboxylic acids is 2. The molecule has 21 heavy (non-hydrogen) atoms. The normalized spacial score (nSPS) is 15.8. The lowest BCUT2D eigenvalue weighted by atomic mass is 10.0. The number of aryl methyl sites for hydroxylation is 1. The number of H-pyrrole nitrogens is 1. The van der Waals surface area contributed by atoms with Crippen molar-refractivity contribution in [3.05, 3.63) is 22.5 Å². The first-order chi connectivity index (χ1) is 9.95. The molecule has 1 aliphatic rings. The van der Waals surface area contributed by atoms with E-state index in [0.29, 0.717) is 23.4 Å². The van der Waals surface area contributed by atoms with E-state index in [1.807, 2.05) is 13.8 Å². The SMILES string of the molecule is CCOC(=O)c1[nH]c(C)c(C(=O)C(C)NCC2CC2)c1C. The van der Waals surface area contributed by atoms with Crippen LogP contribution in [0.5, 0.6) is 0 Å². The van der Waals surface area contributed by atoms with Gasteiger partial charge in [-0.2, -0.15) is 0 Å². The van der Waals surface area contributed by atoms with Gasteiger partial charge in [-0.05, 0) is 58.6 Å². The van der Waals surface area contributed by atoms with E-state index < -0.39 is 5.97 Å². The number of aromatic nitrogens is 1. The fraction of sp³-hybridized carbons (Fsp3) is 0.625. The number of esters is 1. The summed E-state index contributed by atoms with van der Waals surface area (Å²) >= 11 is 0. The van der Waals surface area contributed by atoms with Crippen LogP contribution in [0.15, 0.2) is 0 Å². The summed E-state index contributed by atoms with van der Waals surface area (Å²) in [5.41, 5.74) is 2.39. The van der Waals surface area contributed by atoms with Gasteiger partial charge in [-0.1, -0.05) is 0 Å². The van der Waals surface area contributed by atoms with E-state index in [1.165, 1.54) is 12.8 Å². The van der Waals surface area contributed by atoms with Gasteiger partial charge in [0.25, 0.3) is 0 Å². The molecule has 0 bridgehead atoms. The second-order valence-electron chi connectivity index (χ2n) is 5.78. The largest absolute Gasteiger partial charge is 0.461 e. The Morgan fingerprint density at radius 1 is 1.38 bits per heavy atom. The van der Waals surface area contributed by atoms with Crippen molar-refractivity contribution in [1.82, 2.24) is 10.3 Å². The third-order valence-corrected chi connectivity index (χ3v) is 3.97. The van der Waals surface area contributed by atoms with Gasteiger partial charge < -0.3 is 15.0 Å². The van der Waals surface area contributed by atoms with E-state index in [1.54, 1.807) is 13.8 Å². The van der Waals surface area contributed by atoms with Crippen molar-refractivity contribution in [1.29, 1.82) is 0 Å². The standard InChI is InChI=1S/C16H24N2O3/c1-5-21-16(20)14-9(2)13(10(3)18-14)15(19)11(4)17-8-12-6-7-12/h11-12,17-18H,5-8H2,1-4H3. The number of hydrogen-bond acceptors (Lipinski definition) is 4. The molecule has 1 aromatic heterocycles. The van der Waals surface area contributed by atoms with Gasteiger partial charge in [0.2, 0.25) is 0 Å². The van der Waals surface area contributed by atoms with Crippen LogP contribution in [0.3, 0.4) is 0 Å². The molecule has 0 aromatic carbocycles. The monoisotopic (exact) mass is 292 g/mol. The third kappa shape index (κ3) is 3.53. The molecule has 1 fully saturated rings. The fourth-order valence-corrected chi connectivity index (χ4v) is 2.50. The van der Waals surface area contributed by atoms with Crippen LogP contribution in [0, 0.1) is 19.8 Å². The maximum Gasteiger partial charge on any atom is 0.355 e. The van der Waals surface area contributed by atoms with E-state index in [2.05, 4.69) is 10.3 Å². The van der Waals surface area contributed by atoms with Gasteiger partial charge in [0.15, 0.2) is 5.78 Å². The number of carbonyl (C=O) groups is 2. The molecule has 0 saturated heterocycles. The molecule has 2 rings (SSSR count). The number of nitrogens with one attached hydrogen (secondary N) is 2. The second-order valence-corrected chi connectivity index (χ2v) is 5.78. The van der Waals surface area contributed by atoms with Crippen LogP contribution < -0.4 is 5.32 Å². The summed E-state index contributed by atoms with van der Waals surface area (Å²) in [6, 6.07) is -0.242. The van der Waals surface area contributed by atoms with Gasteiger partial charge >= 0.3 is 5.97 Å². The Kier molecular flexibility index (Phi) is 4.83. The van der Waals surface area contributed by atoms with Crippen molar-refractivity contribution in [3.63, 3.8) is 0 Å². The molecule has 1 atom stereocenters. The van der Waals surface area contributed by atoms with Gasteiger partial charge in [0.05, 0.1) is 12.6 Å². The van der Waals surface area contributed by atoms with E-state index in [4.69, 9.17) is 4.74 Å². The summed E-state index contributed by atoms with van der Waals surface area (Å²) in [5, 5.41) is 3.28. The molecule has 0 radical (unpaired) electrons. The zero-order chi connectivity index (χ0) is 15.6. The highest BCUT2D eigenvalue weighted by molar-refractivity contribution is 6.05. The van der Waals surface area contributed by atoms with Crippen molar-refractivity contribution < 1.29 is 14.3 Å². The Hall–Kier alpha value is -1.62. The molecule has 0 amide bonds. The highest BCUT2D eigenvalue weighted by Gasteiger charge is 2.27. The van der Waals surface area contributed by atoms with Crippen molar-refractivity contribution in [2.75, 3.05) is 13.2 Å². The molecule has 1 unspecified atom stereocenters. The molecular weight excluding hydrogens is 268 g/mol. The molecule has 5 heteroatoms. The van der Waals surface area contributed by atoms with Crippen LogP contribution in [0.25, 0.3) is 0 Å². The topological polar surface area (TPSA) is 71.2 Å². The molecule has 116 valence electrons. The minimum atomic E-state index is -0.407. The number of Topliss-reactive ketones (excluding diaryl/α,β-unsaturated/α-hetero) is 1. The van der Waals surface area contributed by atoms with Crippen molar-refractivity contribution in [2.45, 2.75) is 46.6 Å². The lowest BCUT2D eigenvalue weighted by molar-refractivity contribution is 0.0519. The predicted molar refractivity (Wildman–Crippen MR) is 80.7 cm³/mol.